The Hall–Kier alpha value is -3.09. The molecule has 1 aliphatic carbocycles. The molecule has 1 aliphatic rings. The predicted octanol–water partition coefficient (Wildman–Crippen LogP) is 1.21. The van der Waals surface area contributed by atoms with Crippen LogP contribution in [0.4, 0.5) is 10.5 Å². The van der Waals surface area contributed by atoms with E-state index in [9.17, 15) is 30.0 Å². The van der Waals surface area contributed by atoms with Crippen LogP contribution in [0.3, 0.4) is 0 Å². The fourth-order valence-electron chi connectivity index (χ4n) is 5.18. The maximum Gasteiger partial charge on any atom is 0.342 e. The van der Waals surface area contributed by atoms with Crippen LogP contribution >= 0.6 is 11.6 Å². The van der Waals surface area contributed by atoms with Crippen LogP contribution in [0, 0.1) is 6.92 Å². The van der Waals surface area contributed by atoms with Crippen molar-refractivity contribution in [1.82, 2.24) is 10.2 Å². The van der Waals surface area contributed by atoms with Crippen molar-refractivity contribution in [2.75, 3.05) is 26.0 Å². The molecule has 8 N–H and O–H groups in total. The van der Waals surface area contributed by atoms with Gasteiger partial charge in [0.2, 0.25) is 0 Å². The number of carbonyl (C=O) groups is 2. The number of nitrogens with two attached hydrogens (primary N) is 1. The zero-order valence-corrected chi connectivity index (χ0v) is 22.7. The number of halogens is 1. The number of benzene rings is 2. The first kappa shape index (κ1) is 29.5. The molecular weight excluding hydrogens is 516 g/mol. The summed E-state index contributed by atoms with van der Waals surface area (Å²) in [6, 6.07) is 7.72. The largest absolute Gasteiger partial charge is 0.507 e. The number of aromatic hydroxyl groups is 1. The summed E-state index contributed by atoms with van der Waals surface area (Å²) in [6.07, 6.45) is -1.49. The molecule has 0 heterocycles. The molecule has 2 aromatic carbocycles. The Labute approximate surface area is 226 Å². The Morgan fingerprint density at radius 1 is 1.18 bits per heavy atom. The molecule has 11 nitrogen and oxygen atoms in total. The van der Waals surface area contributed by atoms with E-state index in [1.54, 1.807) is 43.3 Å². The first-order valence-electron chi connectivity index (χ1n) is 12.0. The fraction of sp³-hybridized carbons (Fsp3) is 0.462. The number of nitrogens with zero attached hydrogens (tertiary/aromatic N) is 1. The van der Waals surface area contributed by atoms with Gasteiger partial charge in [-0.15, -0.1) is 0 Å². The van der Waals surface area contributed by atoms with E-state index in [0.717, 1.165) is 0 Å². The highest BCUT2D eigenvalue weighted by molar-refractivity contribution is 6.33. The number of aliphatic hydroxyl groups is 3. The number of para-hydroxylation sites is 1. The quantitative estimate of drug-likeness (QED) is 0.249. The van der Waals surface area contributed by atoms with E-state index in [4.69, 9.17) is 22.1 Å². The number of aryl methyl sites for hydroxylation is 1. The van der Waals surface area contributed by atoms with Gasteiger partial charge in [0.15, 0.2) is 5.60 Å². The Balaban J connectivity index is 2.12. The number of amides is 2. The minimum atomic E-state index is -2.39. The lowest BCUT2D eigenvalue weighted by molar-refractivity contribution is -0.186. The van der Waals surface area contributed by atoms with Crippen molar-refractivity contribution < 1.29 is 34.8 Å². The van der Waals surface area contributed by atoms with E-state index >= 15 is 0 Å². The highest BCUT2D eigenvalue weighted by atomic mass is 35.5. The van der Waals surface area contributed by atoms with E-state index in [-0.39, 0.29) is 16.3 Å². The average Bonchev–Trinajstić information content (AvgIpc) is 2.95. The van der Waals surface area contributed by atoms with Crippen molar-refractivity contribution >= 4 is 29.3 Å². The van der Waals surface area contributed by atoms with Crippen molar-refractivity contribution in [3.05, 3.63) is 58.6 Å². The van der Waals surface area contributed by atoms with Crippen LogP contribution in [-0.2, 0) is 4.74 Å². The van der Waals surface area contributed by atoms with Crippen molar-refractivity contribution in [2.45, 2.75) is 55.7 Å². The Bertz CT molecular complexity index is 1190. The molecule has 2 aromatic rings. The number of rotatable bonds is 7. The molecule has 38 heavy (non-hydrogen) atoms. The van der Waals surface area contributed by atoms with E-state index in [1.807, 2.05) is 0 Å². The van der Waals surface area contributed by atoms with Crippen molar-refractivity contribution in [3.63, 3.8) is 0 Å². The third-order valence-corrected chi connectivity index (χ3v) is 7.82. The Morgan fingerprint density at radius 2 is 1.82 bits per heavy atom. The number of hydrogen-bond donors (Lipinski definition) is 7. The summed E-state index contributed by atoms with van der Waals surface area (Å²) in [7, 11) is 2.92. The van der Waals surface area contributed by atoms with Crippen LogP contribution in [0.1, 0.15) is 29.8 Å². The minimum Gasteiger partial charge on any atom is -0.507 e. The zero-order chi connectivity index (χ0) is 28.6. The fourth-order valence-corrected chi connectivity index (χ4v) is 5.37. The highest BCUT2D eigenvalue weighted by Crippen LogP contribution is 2.49. The maximum absolute atomic E-state index is 13.0. The number of aliphatic hydroxyl groups excluding tert-OH is 1. The van der Waals surface area contributed by atoms with E-state index in [0.29, 0.717) is 11.3 Å². The minimum absolute atomic E-state index is 0.114. The molecule has 6 atom stereocenters. The molecule has 0 aromatic heterocycles. The molecule has 0 radical (unpaired) electrons. The summed E-state index contributed by atoms with van der Waals surface area (Å²) in [4.78, 5) is 27.0. The molecule has 3 rings (SSSR count). The number of anilines is 1. The van der Waals surface area contributed by atoms with Gasteiger partial charge in [0.1, 0.15) is 29.1 Å². The summed E-state index contributed by atoms with van der Waals surface area (Å²) in [6.45, 7) is 3.29. The zero-order valence-electron chi connectivity index (χ0n) is 21.9. The van der Waals surface area contributed by atoms with Crippen LogP contribution in [0.2, 0.25) is 5.02 Å². The van der Waals surface area contributed by atoms with Gasteiger partial charge in [0.05, 0.1) is 28.9 Å². The van der Waals surface area contributed by atoms with E-state index in [2.05, 4.69) is 10.6 Å². The number of carbonyl (C=O) groups excluding carboxylic acids is 2. The standard InChI is InChI=1S/C26H35ClN4O7/c1-14-9-8-12-18(33)19(14)22(34)38-13-25(37)21(29-17-11-7-6-10-16(17)27)20(28)26(15(2)32,24(25,3)36)30-23(35)31(4)5/h6-12,15,20-21,29,32-33,36-37H,13,28H2,1-5H3,(H,30,35)/t15-,20-,21-,24-,25+,26-/m0/s1. The third kappa shape index (κ3) is 4.65. The van der Waals surface area contributed by atoms with Gasteiger partial charge in [-0.2, -0.15) is 0 Å². The maximum atomic E-state index is 13.0. The normalized spacial score (nSPS) is 29.4. The second-order valence-electron chi connectivity index (χ2n) is 10.0. The van der Waals surface area contributed by atoms with Crippen molar-refractivity contribution in [3.8, 4) is 5.75 Å². The summed E-state index contributed by atoms with van der Waals surface area (Å²) in [5.74, 6) is -1.28. The lowest BCUT2D eigenvalue weighted by Gasteiger charge is -2.48. The topological polar surface area (TPSA) is 178 Å². The summed E-state index contributed by atoms with van der Waals surface area (Å²) in [5.41, 5.74) is 0.474. The molecule has 1 saturated carbocycles. The number of nitrogens with one attached hydrogen (secondary N) is 2. The van der Waals surface area contributed by atoms with Gasteiger partial charge in [-0.05, 0) is 44.5 Å². The molecule has 2 amide bonds. The highest BCUT2D eigenvalue weighted by Gasteiger charge is 2.76. The number of phenols is 1. The van der Waals surface area contributed by atoms with Gasteiger partial charge in [-0.1, -0.05) is 35.9 Å². The first-order valence-corrected chi connectivity index (χ1v) is 12.3. The first-order chi connectivity index (χ1) is 17.6. The van der Waals surface area contributed by atoms with Gasteiger partial charge in [-0.25, -0.2) is 9.59 Å². The number of ether oxygens (including phenoxy) is 1. The predicted molar refractivity (Wildman–Crippen MR) is 142 cm³/mol. The molecular formula is C26H35ClN4O7. The molecule has 1 fully saturated rings. The summed E-state index contributed by atoms with van der Waals surface area (Å²) in [5, 5.41) is 51.1. The van der Waals surface area contributed by atoms with Gasteiger partial charge in [-0.3, -0.25) is 0 Å². The van der Waals surface area contributed by atoms with Crippen molar-refractivity contribution in [2.24, 2.45) is 5.73 Å². The summed E-state index contributed by atoms with van der Waals surface area (Å²) < 4.78 is 5.44. The monoisotopic (exact) mass is 550 g/mol. The Kier molecular flexibility index (Phi) is 8.21. The number of hydrogen-bond acceptors (Lipinski definition) is 9. The smallest absolute Gasteiger partial charge is 0.342 e. The van der Waals surface area contributed by atoms with Crippen LogP contribution in [0.5, 0.6) is 5.75 Å². The SMILES string of the molecule is Cc1cccc(O)c1C(=O)OC[C@@]1(O)[C@@H](Nc2ccccc2Cl)[C@H](N)[C@@](NC(=O)N(C)C)([C@H](C)O)[C@@]1(C)O. The molecule has 0 saturated heterocycles. The molecule has 0 aliphatic heterocycles. The van der Waals surface area contributed by atoms with Gasteiger partial charge in [0.25, 0.3) is 0 Å². The molecule has 12 heteroatoms. The van der Waals surface area contributed by atoms with Crippen LogP contribution in [0.25, 0.3) is 0 Å². The van der Waals surface area contributed by atoms with Crippen LogP contribution < -0.4 is 16.4 Å². The van der Waals surface area contributed by atoms with E-state index < -0.39 is 53.5 Å². The lowest BCUT2D eigenvalue weighted by Crippen LogP contribution is -2.76. The van der Waals surface area contributed by atoms with Gasteiger partial charge in [0, 0.05) is 14.1 Å². The van der Waals surface area contributed by atoms with Crippen molar-refractivity contribution in [1.29, 1.82) is 0 Å². The molecule has 0 bridgehead atoms. The number of phenolic OH excluding ortho intramolecular Hbond substituents is 1. The second kappa shape index (κ2) is 10.6. The number of esters is 1. The summed E-state index contributed by atoms with van der Waals surface area (Å²) >= 11 is 6.33. The second-order valence-corrected chi connectivity index (χ2v) is 10.4. The van der Waals surface area contributed by atoms with Gasteiger partial charge < -0.3 is 46.4 Å². The molecule has 208 valence electrons. The lowest BCUT2D eigenvalue weighted by atomic mass is 9.73. The third-order valence-electron chi connectivity index (χ3n) is 7.49. The molecule has 0 spiro atoms. The Morgan fingerprint density at radius 3 is 2.37 bits per heavy atom. The van der Waals surface area contributed by atoms with Gasteiger partial charge >= 0.3 is 12.0 Å². The average molecular weight is 551 g/mol. The van der Waals surface area contributed by atoms with Crippen LogP contribution in [0.15, 0.2) is 42.5 Å². The van der Waals surface area contributed by atoms with Crippen LogP contribution in [-0.4, -0.2) is 93.0 Å². The molecule has 0 unspecified atom stereocenters. The van der Waals surface area contributed by atoms with E-state index in [1.165, 1.54) is 38.9 Å². The number of urea groups is 1.